The fraction of sp³-hybridized carbons (Fsp3) is 0.214. The Balaban J connectivity index is 1.81. The van der Waals surface area contributed by atoms with Crippen molar-refractivity contribution in [3.05, 3.63) is 39.6 Å². The second-order valence-electron chi connectivity index (χ2n) is 4.55. The third-order valence-electron chi connectivity index (χ3n) is 3.35. The SMILES string of the molecule is Clc1cccc2sc(C3=CSC4=NCCCN34)cc12. The van der Waals surface area contributed by atoms with Gasteiger partial charge < -0.3 is 4.90 Å². The van der Waals surface area contributed by atoms with Crippen molar-refractivity contribution < 1.29 is 0 Å². The molecule has 4 rings (SSSR count). The van der Waals surface area contributed by atoms with E-state index in [0.717, 1.165) is 35.1 Å². The Kier molecular flexibility index (Phi) is 2.83. The van der Waals surface area contributed by atoms with E-state index in [9.17, 15) is 0 Å². The Morgan fingerprint density at radius 3 is 3.16 bits per heavy atom. The van der Waals surface area contributed by atoms with Crippen LogP contribution in [0.15, 0.2) is 34.7 Å². The van der Waals surface area contributed by atoms with Gasteiger partial charge in [0.2, 0.25) is 0 Å². The Morgan fingerprint density at radius 1 is 1.32 bits per heavy atom. The first-order chi connectivity index (χ1) is 9.33. The number of nitrogens with zero attached hydrogens (tertiary/aromatic N) is 2. The number of rotatable bonds is 1. The summed E-state index contributed by atoms with van der Waals surface area (Å²) in [5.41, 5.74) is 1.28. The minimum atomic E-state index is 0.832. The maximum atomic E-state index is 6.26. The van der Waals surface area contributed by atoms with Gasteiger partial charge in [-0.05, 0) is 24.6 Å². The van der Waals surface area contributed by atoms with Gasteiger partial charge in [-0.25, -0.2) is 0 Å². The molecule has 0 N–H and O–H groups in total. The monoisotopic (exact) mass is 306 g/mol. The number of benzene rings is 1. The fourth-order valence-electron chi connectivity index (χ4n) is 2.42. The first-order valence-electron chi connectivity index (χ1n) is 6.20. The molecule has 19 heavy (non-hydrogen) atoms. The van der Waals surface area contributed by atoms with Crippen molar-refractivity contribution in [2.75, 3.05) is 13.1 Å². The summed E-state index contributed by atoms with van der Waals surface area (Å²) in [5.74, 6) is 0. The number of fused-ring (bicyclic) bond motifs is 2. The molecule has 2 nitrogen and oxygen atoms in total. The Labute approximate surface area is 124 Å². The number of halogens is 1. The van der Waals surface area contributed by atoms with E-state index in [1.54, 1.807) is 23.1 Å². The van der Waals surface area contributed by atoms with E-state index in [0.29, 0.717) is 0 Å². The molecule has 0 saturated carbocycles. The van der Waals surface area contributed by atoms with Crippen molar-refractivity contribution in [1.29, 1.82) is 0 Å². The molecule has 0 fully saturated rings. The summed E-state index contributed by atoms with van der Waals surface area (Å²) in [7, 11) is 0. The van der Waals surface area contributed by atoms with Crippen LogP contribution in [0.4, 0.5) is 0 Å². The quantitative estimate of drug-likeness (QED) is 0.761. The van der Waals surface area contributed by atoms with E-state index < -0.39 is 0 Å². The molecule has 3 heterocycles. The zero-order valence-electron chi connectivity index (χ0n) is 10.1. The highest BCUT2D eigenvalue weighted by molar-refractivity contribution is 8.16. The molecule has 0 saturated heterocycles. The third-order valence-corrected chi connectivity index (χ3v) is 5.70. The average Bonchev–Trinajstić information content (AvgIpc) is 3.02. The summed E-state index contributed by atoms with van der Waals surface area (Å²) in [6.07, 6.45) is 1.13. The number of amidine groups is 1. The highest BCUT2D eigenvalue weighted by atomic mass is 35.5. The molecular weight excluding hydrogens is 296 g/mol. The lowest BCUT2D eigenvalue weighted by molar-refractivity contribution is 0.543. The summed E-state index contributed by atoms with van der Waals surface area (Å²) in [5, 5.41) is 5.34. The number of hydrogen-bond acceptors (Lipinski definition) is 4. The third kappa shape index (κ3) is 1.90. The molecule has 2 aliphatic heterocycles. The van der Waals surface area contributed by atoms with Crippen LogP contribution >= 0.6 is 34.7 Å². The lowest BCUT2D eigenvalue weighted by atomic mass is 10.2. The van der Waals surface area contributed by atoms with Crippen LogP contribution in [-0.2, 0) is 0 Å². The standard InChI is InChI=1S/C14H11ClN2S2/c15-10-3-1-4-12-9(10)7-13(19-12)11-8-18-14-16-5-2-6-17(11)14/h1,3-4,7-8H,2,5-6H2. The summed E-state index contributed by atoms with van der Waals surface area (Å²) in [6.45, 7) is 2.03. The first-order valence-corrected chi connectivity index (χ1v) is 8.27. The number of thioether (sulfide) groups is 1. The molecule has 2 aromatic rings. The summed E-state index contributed by atoms with van der Waals surface area (Å²) in [6, 6.07) is 8.29. The second-order valence-corrected chi connectivity index (χ2v) is 6.88. The van der Waals surface area contributed by atoms with Gasteiger partial charge in [0, 0.05) is 33.6 Å². The predicted molar refractivity (Wildman–Crippen MR) is 86.0 cm³/mol. The van der Waals surface area contributed by atoms with E-state index >= 15 is 0 Å². The van der Waals surface area contributed by atoms with E-state index in [1.165, 1.54) is 15.3 Å². The van der Waals surface area contributed by atoms with Crippen molar-refractivity contribution >= 4 is 55.7 Å². The molecule has 1 aromatic heterocycles. The molecule has 0 spiro atoms. The van der Waals surface area contributed by atoms with E-state index in [-0.39, 0.29) is 0 Å². The molecule has 2 aliphatic rings. The Morgan fingerprint density at radius 2 is 2.26 bits per heavy atom. The maximum absolute atomic E-state index is 6.26. The zero-order valence-corrected chi connectivity index (χ0v) is 12.5. The van der Waals surface area contributed by atoms with Gasteiger partial charge in [0.15, 0.2) is 5.17 Å². The molecule has 1 aromatic carbocycles. The molecule has 0 radical (unpaired) electrons. The normalized spacial score (nSPS) is 18.5. The van der Waals surface area contributed by atoms with E-state index in [1.807, 2.05) is 12.1 Å². The minimum absolute atomic E-state index is 0.832. The van der Waals surface area contributed by atoms with Gasteiger partial charge in [0.1, 0.15) is 0 Å². The highest BCUT2D eigenvalue weighted by Gasteiger charge is 2.26. The van der Waals surface area contributed by atoms with E-state index in [2.05, 4.69) is 27.4 Å². The van der Waals surface area contributed by atoms with Gasteiger partial charge in [0.25, 0.3) is 0 Å². The van der Waals surface area contributed by atoms with Crippen molar-refractivity contribution in [2.45, 2.75) is 6.42 Å². The van der Waals surface area contributed by atoms with Gasteiger partial charge in [0.05, 0.1) is 10.6 Å². The van der Waals surface area contributed by atoms with Crippen LogP contribution < -0.4 is 0 Å². The zero-order chi connectivity index (χ0) is 12.8. The minimum Gasteiger partial charge on any atom is -0.319 e. The van der Waals surface area contributed by atoms with E-state index in [4.69, 9.17) is 11.6 Å². The number of aliphatic imine (C=N–C) groups is 1. The van der Waals surface area contributed by atoms with Gasteiger partial charge >= 0.3 is 0 Å². The summed E-state index contributed by atoms with van der Waals surface area (Å²) < 4.78 is 1.25. The van der Waals surface area contributed by atoms with Crippen LogP contribution in [0, 0.1) is 0 Å². The number of thiophene rings is 1. The average molecular weight is 307 g/mol. The highest BCUT2D eigenvalue weighted by Crippen LogP contribution is 2.41. The molecule has 0 amide bonds. The van der Waals surface area contributed by atoms with Crippen molar-refractivity contribution in [2.24, 2.45) is 4.99 Å². The molecule has 0 bridgehead atoms. The lowest BCUT2D eigenvalue weighted by Crippen LogP contribution is -2.28. The predicted octanol–water partition coefficient (Wildman–Crippen LogP) is 4.66. The fourth-order valence-corrected chi connectivity index (χ4v) is 4.85. The van der Waals surface area contributed by atoms with Crippen LogP contribution in [0.3, 0.4) is 0 Å². The van der Waals surface area contributed by atoms with Crippen molar-refractivity contribution in [3.63, 3.8) is 0 Å². The number of hydrogen-bond donors (Lipinski definition) is 0. The van der Waals surface area contributed by atoms with Crippen LogP contribution in [0.1, 0.15) is 11.3 Å². The molecule has 0 atom stereocenters. The lowest BCUT2D eigenvalue weighted by Gasteiger charge is -2.24. The molecule has 96 valence electrons. The van der Waals surface area contributed by atoms with Gasteiger partial charge in [-0.1, -0.05) is 29.4 Å². The maximum Gasteiger partial charge on any atom is 0.168 e. The van der Waals surface area contributed by atoms with Crippen molar-refractivity contribution in [3.8, 4) is 0 Å². The Hall–Kier alpha value is -0.970. The molecule has 0 aliphatic carbocycles. The largest absolute Gasteiger partial charge is 0.319 e. The van der Waals surface area contributed by atoms with Crippen LogP contribution in [0.2, 0.25) is 5.02 Å². The van der Waals surface area contributed by atoms with Crippen LogP contribution in [0.25, 0.3) is 15.8 Å². The first kappa shape index (κ1) is 11.8. The Bertz CT molecular complexity index is 717. The van der Waals surface area contributed by atoms with Gasteiger partial charge in [-0.3, -0.25) is 4.99 Å². The smallest absolute Gasteiger partial charge is 0.168 e. The van der Waals surface area contributed by atoms with Gasteiger partial charge in [-0.2, -0.15) is 0 Å². The summed E-state index contributed by atoms with van der Waals surface area (Å²) >= 11 is 9.79. The van der Waals surface area contributed by atoms with Gasteiger partial charge in [-0.15, -0.1) is 11.3 Å². The molecule has 5 heteroatoms. The van der Waals surface area contributed by atoms with Crippen LogP contribution in [-0.4, -0.2) is 23.2 Å². The van der Waals surface area contributed by atoms with Crippen molar-refractivity contribution in [1.82, 2.24) is 4.90 Å². The summed E-state index contributed by atoms with van der Waals surface area (Å²) in [4.78, 5) is 8.18. The topological polar surface area (TPSA) is 15.6 Å². The van der Waals surface area contributed by atoms with Crippen LogP contribution in [0.5, 0.6) is 0 Å². The molecule has 0 unspecified atom stereocenters. The second kappa shape index (κ2) is 4.54. The molecular formula is C14H11ClN2S2.